The van der Waals surface area contributed by atoms with Crippen molar-refractivity contribution in [2.75, 3.05) is 13.2 Å². The number of ether oxygens (including phenoxy) is 3. The SMILES string of the molecule is CCOC(=O)/C=C\C=C\[C@@H]1CCOC(c2ccccc2)O1. The maximum atomic E-state index is 11.1. The summed E-state index contributed by atoms with van der Waals surface area (Å²) in [6, 6.07) is 9.85. The van der Waals surface area contributed by atoms with Crippen molar-refractivity contribution in [3.8, 4) is 0 Å². The van der Waals surface area contributed by atoms with Crippen LogP contribution in [-0.4, -0.2) is 25.3 Å². The molecule has 21 heavy (non-hydrogen) atoms. The lowest BCUT2D eigenvalue weighted by Gasteiger charge is -2.28. The van der Waals surface area contributed by atoms with Gasteiger partial charge in [0, 0.05) is 18.1 Å². The lowest BCUT2D eigenvalue weighted by atomic mass is 10.1. The molecule has 1 unspecified atom stereocenters. The second kappa shape index (κ2) is 8.39. The Kier molecular flexibility index (Phi) is 6.19. The summed E-state index contributed by atoms with van der Waals surface area (Å²) in [5, 5.41) is 0. The highest BCUT2D eigenvalue weighted by Gasteiger charge is 2.22. The van der Waals surface area contributed by atoms with Gasteiger partial charge in [0.1, 0.15) is 0 Å². The molecule has 1 aliphatic heterocycles. The summed E-state index contributed by atoms with van der Waals surface area (Å²) >= 11 is 0. The third-order valence-corrected chi connectivity index (χ3v) is 3.00. The van der Waals surface area contributed by atoms with E-state index in [1.807, 2.05) is 36.4 Å². The zero-order valence-corrected chi connectivity index (χ0v) is 12.1. The van der Waals surface area contributed by atoms with Gasteiger partial charge < -0.3 is 14.2 Å². The van der Waals surface area contributed by atoms with Gasteiger partial charge in [-0.25, -0.2) is 4.79 Å². The molecule has 2 rings (SSSR count). The van der Waals surface area contributed by atoms with Crippen LogP contribution >= 0.6 is 0 Å². The Morgan fingerprint density at radius 3 is 2.90 bits per heavy atom. The molecule has 0 N–H and O–H groups in total. The number of esters is 1. The predicted octanol–water partition coefficient (Wildman–Crippen LogP) is 3.17. The number of benzene rings is 1. The molecule has 0 aromatic heterocycles. The van der Waals surface area contributed by atoms with Crippen LogP contribution in [0.25, 0.3) is 0 Å². The molecule has 1 saturated heterocycles. The smallest absolute Gasteiger partial charge is 0.330 e. The van der Waals surface area contributed by atoms with Crippen LogP contribution in [0.15, 0.2) is 54.6 Å². The van der Waals surface area contributed by atoms with Gasteiger partial charge in [-0.3, -0.25) is 0 Å². The molecule has 0 amide bonds. The minimum Gasteiger partial charge on any atom is -0.463 e. The van der Waals surface area contributed by atoms with Crippen LogP contribution in [0.1, 0.15) is 25.2 Å². The van der Waals surface area contributed by atoms with Crippen molar-refractivity contribution in [2.24, 2.45) is 0 Å². The predicted molar refractivity (Wildman–Crippen MR) is 79.5 cm³/mol. The van der Waals surface area contributed by atoms with E-state index in [9.17, 15) is 4.79 Å². The highest BCUT2D eigenvalue weighted by atomic mass is 16.7. The Balaban J connectivity index is 1.85. The van der Waals surface area contributed by atoms with Gasteiger partial charge in [0.2, 0.25) is 0 Å². The van der Waals surface area contributed by atoms with Gasteiger partial charge in [-0.2, -0.15) is 0 Å². The van der Waals surface area contributed by atoms with Crippen LogP contribution in [0.2, 0.25) is 0 Å². The maximum Gasteiger partial charge on any atom is 0.330 e. The fourth-order valence-electron chi connectivity index (χ4n) is 2.00. The summed E-state index contributed by atoms with van der Waals surface area (Å²) in [7, 11) is 0. The van der Waals surface area contributed by atoms with E-state index in [1.165, 1.54) is 6.08 Å². The van der Waals surface area contributed by atoms with Crippen molar-refractivity contribution in [1.82, 2.24) is 0 Å². The van der Waals surface area contributed by atoms with Crippen LogP contribution in [0, 0.1) is 0 Å². The summed E-state index contributed by atoms with van der Waals surface area (Å²) in [4.78, 5) is 11.1. The lowest BCUT2D eigenvalue weighted by Crippen LogP contribution is -2.25. The van der Waals surface area contributed by atoms with Crippen molar-refractivity contribution in [2.45, 2.75) is 25.7 Å². The molecule has 1 heterocycles. The van der Waals surface area contributed by atoms with E-state index in [-0.39, 0.29) is 18.4 Å². The molecule has 0 aliphatic carbocycles. The second-order valence-electron chi connectivity index (χ2n) is 4.57. The number of carbonyl (C=O) groups is 1. The number of hydrogen-bond donors (Lipinski definition) is 0. The molecule has 4 heteroatoms. The van der Waals surface area contributed by atoms with Crippen LogP contribution in [0.3, 0.4) is 0 Å². The fourth-order valence-corrected chi connectivity index (χ4v) is 2.00. The summed E-state index contributed by atoms with van der Waals surface area (Å²) < 4.78 is 16.3. The standard InChI is InChI=1S/C17H20O4/c1-2-19-16(18)11-7-6-10-15-12-13-20-17(21-15)14-8-4-3-5-9-14/h3-11,15,17H,2,12-13H2,1H3/b10-6+,11-7-/t15-,17?/m1/s1. The second-order valence-corrected chi connectivity index (χ2v) is 4.57. The van der Waals surface area contributed by atoms with E-state index in [2.05, 4.69) is 0 Å². The van der Waals surface area contributed by atoms with Gasteiger partial charge in [-0.1, -0.05) is 48.6 Å². The molecule has 0 spiro atoms. The molecule has 0 bridgehead atoms. The molecule has 1 aromatic carbocycles. The molecule has 4 nitrogen and oxygen atoms in total. The van der Waals surface area contributed by atoms with E-state index in [4.69, 9.17) is 14.2 Å². The van der Waals surface area contributed by atoms with Gasteiger partial charge in [0.25, 0.3) is 0 Å². The molecule has 1 aromatic rings. The normalized spacial score (nSPS) is 22.7. The van der Waals surface area contributed by atoms with Crippen molar-refractivity contribution in [1.29, 1.82) is 0 Å². The summed E-state index contributed by atoms with van der Waals surface area (Å²) in [5.41, 5.74) is 1.01. The van der Waals surface area contributed by atoms with Gasteiger partial charge >= 0.3 is 5.97 Å². The first kappa shape index (κ1) is 15.5. The maximum absolute atomic E-state index is 11.1. The molecule has 1 fully saturated rings. The average molecular weight is 288 g/mol. The van der Waals surface area contributed by atoms with Crippen molar-refractivity contribution in [3.63, 3.8) is 0 Å². The third-order valence-electron chi connectivity index (χ3n) is 3.00. The Labute approximate surface area is 125 Å². The average Bonchev–Trinajstić information content (AvgIpc) is 2.53. The van der Waals surface area contributed by atoms with Crippen molar-refractivity contribution < 1.29 is 19.0 Å². The molecular weight excluding hydrogens is 268 g/mol. The highest BCUT2D eigenvalue weighted by molar-refractivity contribution is 5.82. The minimum absolute atomic E-state index is 0.0178. The van der Waals surface area contributed by atoms with E-state index in [0.717, 1.165) is 12.0 Å². The van der Waals surface area contributed by atoms with Crippen molar-refractivity contribution >= 4 is 5.97 Å². The Morgan fingerprint density at radius 2 is 2.14 bits per heavy atom. The first-order chi connectivity index (χ1) is 10.3. The molecule has 112 valence electrons. The van der Waals surface area contributed by atoms with Crippen LogP contribution in [0.4, 0.5) is 0 Å². The van der Waals surface area contributed by atoms with Gasteiger partial charge in [-0.15, -0.1) is 0 Å². The van der Waals surface area contributed by atoms with Crippen LogP contribution < -0.4 is 0 Å². The zero-order chi connectivity index (χ0) is 14.9. The molecule has 0 saturated carbocycles. The summed E-state index contributed by atoms with van der Waals surface area (Å²) in [6.07, 6.45) is 7.23. The third kappa shape index (κ3) is 5.17. The first-order valence-corrected chi connectivity index (χ1v) is 7.13. The van der Waals surface area contributed by atoms with Gasteiger partial charge in [-0.05, 0) is 6.92 Å². The Morgan fingerprint density at radius 1 is 1.33 bits per heavy atom. The lowest BCUT2D eigenvalue weighted by molar-refractivity contribution is -0.204. The fraction of sp³-hybridized carbons (Fsp3) is 0.353. The minimum atomic E-state index is -0.336. The quantitative estimate of drug-likeness (QED) is 0.474. The van der Waals surface area contributed by atoms with Crippen molar-refractivity contribution in [3.05, 3.63) is 60.2 Å². The van der Waals surface area contributed by atoms with Crippen LogP contribution in [-0.2, 0) is 19.0 Å². The number of rotatable bonds is 5. The van der Waals surface area contributed by atoms with E-state index in [0.29, 0.717) is 13.2 Å². The van der Waals surface area contributed by atoms with Gasteiger partial charge in [0.15, 0.2) is 6.29 Å². The molecule has 1 aliphatic rings. The van der Waals surface area contributed by atoms with Gasteiger partial charge in [0.05, 0.1) is 19.3 Å². The Hall–Kier alpha value is -1.91. The number of allylic oxidation sites excluding steroid dienone is 2. The monoisotopic (exact) mass is 288 g/mol. The molecule has 2 atom stereocenters. The topological polar surface area (TPSA) is 44.8 Å². The van der Waals surface area contributed by atoms with E-state index < -0.39 is 0 Å². The molecule has 0 radical (unpaired) electrons. The Bertz CT molecular complexity index is 493. The largest absolute Gasteiger partial charge is 0.463 e. The molecular formula is C17H20O4. The highest BCUT2D eigenvalue weighted by Crippen LogP contribution is 2.26. The summed E-state index contributed by atoms with van der Waals surface area (Å²) in [5.74, 6) is -0.336. The number of hydrogen-bond acceptors (Lipinski definition) is 4. The first-order valence-electron chi connectivity index (χ1n) is 7.13. The van der Waals surface area contributed by atoms with E-state index >= 15 is 0 Å². The zero-order valence-electron chi connectivity index (χ0n) is 12.1. The van der Waals surface area contributed by atoms with E-state index in [1.54, 1.807) is 19.1 Å². The summed E-state index contributed by atoms with van der Waals surface area (Å²) in [6.45, 7) is 2.81. The number of carbonyl (C=O) groups excluding carboxylic acids is 1. The van der Waals surface area contributed by atoms with Crippen LogP contribution in [0.5, 0.6) is 0 Å².